The van der Waals surface area contributed by atoms with Crippen LogP contribution in [0.25, 0.3) is 0 Å². The summed E-state index contributed by atoms with van der Waals surface area (Å²) in [6.45, 7) is 4.10. The van der Waals surface area contributed by atoms with E-state index in [0.717, 1.165) is 12.1 Å². The molecule has 0 aliphatic heterocycles. The van der Waals surface area contributed by atoms with Crippen LogP contribution in [-0.2, 0) is 4.79 Å². The summed E-state index contributed by atoms with van der Waals surface area (Å²) in [4.78, 5) is 24.1. The van der Waals surface area contributed by atoms with Crippen LogP contribution in [0.2, 0.25) is 0 Å². The lowest BCUT2D eigenvalue weighted by atomic mass is 10.1. The van der Waals surface area contributed by atoms with Crippen LogP contribution >= 0.6 is 0 Å². The predicted octanol–water partition coefficient (Wildman–Crippen LogP) is 3.27. The molecule has 0 saturated heterocycles. The molecular formula is C20H25N3O3. The van der Waals surface area contributed by atoms with Gasteiger partial charge in [-0.1, -0.05) is 19.1 Å². The molecule has 2 aromatic carbocycles. The molecular weight excluding hydrogens is 330 g/mol. The van der Waals surface area contributed by atoms with E-state index in [1.807, 2.05) is 26.0 Å². The number of nitrogens with one attached hydrogen (secondary N) is 3. The van der Waals surface area contributed by atoms with Gasteiger partial charge in [0.15, 0.2) is 0 Å². The van der Waals surface area contributed by atoms with E-state index in [1.54, 1.807) is 43.5 Å². The SMILES string of the molecule is CCC(C)NC(=O)c1ccc(NCC(=O)Nc2ccccc2OC)cc1. The van der Waals surface area contributed by atoms with Crippen molar-refractivity contribution in [2.75, 3.05) is 24.3 Å². The molecule has 2 amide bonds. The second kappa shape index (κ2) is 9.46. The Balaban J connectivity index is 1.87. The van der Waals surface area contributed by atoms with Crippen LogP contribution < -0.4 is 20.7 Å². The second-order valence-corrected chi connectivity index (χ2v) is 5.96. The minimum atomic E-state index is -0.187. The molecule has 0 spiro atoms. The average molecular weight is 355 g/mol. The summed E-state index contributed by atoms with van der Waals surface area (Å²) in [5.41, 5.74) is 1.98. The Morgan fingerprint density at radius 1 is 1.08 bits per heavy atom. The van der Waals surface area contributed by atoms with Crippen molar-refractivity contribution in [2.45, 2.75) is 26.3 Å². The normalized spacial score (nSPS) is 11.3. The number of amides is 2. The van der Waals surface area contributed by atoms with Crippen LogP contribution in [0.3, 0.4) is 0 Å². The van der Waals surface area contributed by atoms with Crippen molar-refractivity contribution >= 4 is 23.2 Å². The van der Waals surface area contributed by atoms with Gasteiger partial charge in [0.25, 0.3) is 5.91 Å². The Labute approximate surface area is 153 Å². The summed E-state index contributed by atoms with van der Waals surface area (Å²) in [6.07, 6.45) is 0.882. The molecule has 1 unspecified atom stereocenters. The maximum Gasteiger partial charge on any atom is 0.251 e. The summed E-state index contributed by atoms with van der Waals surface area (Å²) < 4.78 is 5.21. The number of rotatable bonds is 8. The number of hydrogen-bond donors (Lipinski definition) is 3. The minimum absolute atomic E-state index is 0.0974. The zero-order valence-electron chi connectivity index (χ0n) is 15.3. The van der Waals surface area contributed by atoms with E-state index < -0.39 is 0 Å². The van der Waals surface area contributed by atoms with Crippen molar-refractivity contribution in [1.82, 2.24) is 5.32 Å². The van der Waals surface area contributed by atoms with Gasteiger partial charge in [0.2, 0.25) is 5.91 Å². The van der Waals surface area contributed by atoms with Crippen LogP contribution in [0.15, 0.2) is 48.5 Å². The fraction of sp³-hybridized carbons (Fsp3) is 0.300. The third-order valence-corrected chi connectivity index (χ3v) is 3.97. The number of para-hydroxylation sites is 2. The number of hydrogen-bond acceptors (Lipinski definition) is 4. The number of ether oxygens (including phenoxy) is 1. The Kier molecular flexibility index (Phi) is 7.02. The molecule has 26 heavy (non-hydrogen) atoms. The standard InChI is InChI=1S/C20H25N3O3/c1-4-14(2)22-20(25)15-9-11-16(12-10-15)21-13-19(24)23-17-7-5-6-8-18(17)26-3/h5-12,14,21H,4,13H2,1-3H3,(H,22,25)(H,23,24). The Hall–Kier alpha value is -3.02. The summed E-state index contributed by atoms with van der Waals surface area (Å²) in [7, 11) is 1.56. The zero-order chi connectivity index (χ0) is 18.9. The average Bonchev–Trinajstić information content (AvgIpc) is 2.67. The molecule has 0 aliphatic carbocycles. The molecule has 0 bridgehead atoms. The lowest BCUT2D eigenvalue weighted by molar-refractivity contribution is -0.114. The second-order valence-electron chi connectivity index (χ2n) is 5.96. The summed E-state index contributed by atoms with van der Waals surface area (Å²) in [6, 6.07) is 14.4. The topological polar surface area (TPSA) is 79.5 Å². The van der Waals surface area contributed by atoms with Crippen molar-refractivity contribution < 1.29 is 14.3 Å². The molecule has 0 fully saturated rings. The number of carbonyl (C=O) groups excluding carboxylic acids is 2. The molecule has 3 N–H and O–H groups in total. The molecule has 6 nitrogen and oxygen atoms in total. The molecule has 0 aromatic heterocycles. The highest BCUT2D eigenvalue weighted by atomic mass is 16.5. The molecule has 138 valence electrons. The highest BCUT2D eigenvalue weighted by Crippen LogP contribution is 2.22. The molecule has 2 rings (SSSR count). The first kappa shape index (κ1) is 19.3. The quantitative estimate of drug-likeness (QED) is 0.679. The maximum absolute atomic E-state index is 12.1. The molecule has 0 aliphatic rings. The third-order valence-electron chi connectivity index (χ3n) is 3.97. The highest BCUT2D eigenvalue weighted by molar-refractivity contribution is 5.96. The lowest BCUT2D eigenvalue weighted by Gasteiger charge is -2.12. The fourth-order valence-corrected chi connectivity index (χ4v) is 2.27. The molecule has 6 heteroatoms. The van der Waals surface area contributed by atoms with Crippen molar-refractivity contribution in [3.63, 3.8) is 0 Å². The van der Waals surface area contributed by atoms with Gasteiger partial charge in [0.1, 0.15) is 5.75 Å². The highest BCUT2D eigenvalue weighted by Gasteiger charge is 2.09. The van der Waals surface area contributed by atoms with Crippen molar-refractivity contribution in [3.8, 4) is 5.75 Å². The predicted molar refractivity (Wildman–Crippen MR) is 104 cm³/mol. The van der Waals surface area contributed by atoms with E-state index >= 15 is 0 Å². The van der Waals surface area contributed by atoms with Crippen LogP contribution in [0.4, 0.5) is 11.4 Å². The zero-order valence-corrected chi connectivity index (χ0v) is 15.3. The van der Waals surface area contributed by atoms with Gasteiger partial charge in [-0.2, -0.15) is 0 Å². The minimum Gasteiger partial charge on any atom is -0.495 e. The third kappa shape index (κ3) is 5.51. The van der Waals surface area contributed by atoms with Gasteiger partial charge in [0, 0.05) is 17.3 Å². The largest absolute Gasteiger partial charge is 0.495 e. The van der Waals surface area contributed by atoms with Gasteiger partial charge in [-0.05, 0) is 49.7 Å². The first-order chi connectivity index (χ1) is 12.5. The number of benzene rings is 2. The summed E-state index contributed by atoms with van der Waals surface area (Å²) in [5, 5.41) is 8.75. The Morgan fingerprint density at radius 2 is 1.77 bits per heavy atom. The lowest BCUT2D eigenvalue weighted by Crippen LogP contribution is -2.31. The van der Waals surface area contributed by atoms with Gasteiger partial charge in [0.05, 0.1) is 19.3 Å². The molecule has 0 radical (unpaired) electrons. The Bertz CT molecular complexity index is 744. The van der Waals surface area contributed by atoms with Crippen LogP contribution in [0, 0.1) is 0 Å². The van der Waals surface area contributed by atoms with Crippen LogP contribution in [-0.4, -0.2) is 31.5 Å². The summed E-state index contributed by atoms with van der Waals surface area (Å²) in [5.74, 6) is 0.324. The van der Waals surface area contributed by atoms with E-state index in [-0.39, 0.29) is 24.4 Å². The van der Waals surface area contributed by atoms with Gasteiger partial charge in [-0.3, -0.25) is 9.59 Å². The van der Waals surface area contributed by atoms with E-state index in [2.05, 4.69) is 16.0 Å². The fourth-order valence-electron chi connectivity index (χ4n) is 2.27. The summed E-state index contributed by atoms with van der Waals surface area (Å²) >= 11 is 0. The number of anilines is 2. The van der Waals surface area contributed by atoms with Crippen LogP contribution in [0.5, 0.6) is 5.75 Å². The van der Waals surface area contributed by atoms with Crippen LogP contribution in [0.1, 0.15) is 30.6 Å². The van der Waals surface area contributed by atoms with Gasteiger partial charge >= 0.3 is 0 Å². The number of methoxy groups -OCH3 is 1. The molecule has 2 aromatic rings. The maximum atomic E-state index is 12.1. The molecule has 1 atom stereocenters. The van der Waals surface area contributed by atoms with Crippen molar-refractivity contribution in [2.24, 2.45) is 0 Å². The molecule has 0 saturated carbocycles. The first-order valence-electron chi connectivity index (χ1n) is 8.61. The van der Waals surface area contributed by atoms with E-state index in [9.17, 15) is 9.59 Å². The smallest absolute Gasteiger partial charge is 0.251 e. The number of carbonyl (C=O) groups is 2. The van der Waals surface area contributed by atoms with E-state index in [1.165, 1.54) is 0 Å². The van der Waals surface area contributed by atoms with E-state index in [0.29, 0.717) is 17.0 Å². The monoisotopic (exact) mass is 355 g/mol. The van der Waals surface area contributed by atoms with E-state index in [4.69, 9.17) is 4.74 Å². The van der Waals surface area contributed by atoms with Crippen molar-refractivity contribution in [1.29, 1.82) is 0 Å². The van der Waals surface area contributed by atoms with Gasteiger partial charge in [-0.25, -0.2) is 0 Å². The van der Waals surface area contributed by atoms with Gasteiger partial charge < -0.3 is 20.7 Å². The Morgan fingerprint density at radius 3 is 2.42 bits per heavy atom. The first-order valence-corrected chi connectivity index (χ1v) is 8.61. The van der Waals surface area contributed by atoms with Crippen molar-refractivity contribution in [3.05, 3.63) is 54.1 Å². The molecule has 0 heterocycles. The van der Waals surface area contributed by atoms with Gasteiger partial charge in [-0.15, -0.1) is 0 Å².